The Bertz CT molecular complexity index is 1220. The Morgan fingerprint density at radius 1 is 0.886 bits per heavy atom. The summed E-state index contributed by atoms with van der Waals surface area (Å²) >= 11 is 5.90. The first-order valence-corrected chi connectivity index (χ1v) is 12.8. The second kappa shape index (κ2) is 12.4. The third-order valence-electron chi connectivity index (χ3n) is 4.63. The Balaban J connectivity index is 2.20. The zero-order valence-electron chi connectivity index (χ0n) is 19.2. The van der Waals surface area contributed by atoms with Gasteiger partial charge in [0.1, 0.15) is 16.8 Å². The van der Waals surface area contributed by atoms with E-state index in [0.29, 0.717) is 16.1 Å². The quantitative estimate of drug-likeness (QED) is 0.264. The summed E-state index contributed by atoms with van der Waals surface area (Å²) in [6.07, 6.45) is 1.37. The summed E-state index contributed by atoms with van der Waals surface area (Å²) in [6.45, 7) is 3.42. The molecule has 10 heteroatoms. The van der Waals surface area contributed by atoms with Crippen molar-refractivity contribution in [2.24, 2.45) is 0 Å². The molecule has 2 N–H and O–H groups in total. The first kappa shape index (κ1) is 26.3. The van der Waals surface area contributed by atoms with Gasteiger partial charge < -0.3 is 19.7 Å². The number of rotatable bonds is 10. The van der Waals surface area contributed by atoms with Crippen LogP contribution in [0, 0.1) is 0 Å². The Morgan fingerprint density at radius 2 is 1.46 bits per heavy atom. The molecule has 182 valence electrons. The molecule has 0 bridgehead atoms. The molecule has 0 unspecified atom stereocenters. The number of halogens is 1. The van der Waals surface area contributed by atoms with Gasteiger partial charge in [0, 0.05) is 11.8 Å². The molecule has 0 atom stereocenters. The minimum atomic E-state index is -4.06. The fourth-order valence-electron chi connectivity index (χ4n) is 3.17. The van der Waals surface area contributed by atoms with E-state index in [-0.39, 0.29) is 30.0 Å². The molecule has 0 radical (unpaired) electrons. The van der Waals surface area contributed by atoms with Gasteiger partial charge in [-0.15, -0.1) is 0 Å². The molecule has 1 aromatic heterocycles. The van der Waals surface area contributed by atoms with E-state index in [2.05, 4.69) is 15.6 Å². The number of anilines is 1. The van der Waals surface area contributed by atoms with Crippen LogP contribution in [0.25, 0.3) is 5.31 Å². The van der Waals surface area contributed by atoms with Gasteiger partial charge in [0.25, 0.3) is 11.8 Å². The minimum absolute atomic E-state index is 0.0495. The maximum absolute atomic E-state index is 14.0. The number of pyridine rings is 1. The van der Waals surface area contributed by atoms with E-state index in [4.69, 9.17) is 20.6 Å². The van der Waals surface area contributed by atoms with E-state index >= 15 is 0 Å². The summed E-state index contributed by atoms with van der Waals surface area (Å²) in [5.74, 6) is -1.16. The van der Waals surface area contributed by atoms with Gasteiger partial charge in [-0.2, -0.15) is 0 Å². The van der Waals surface area contributed by atoms with Gasteiger partial charge in [-0.25, -0.2) is 4.98 Å². The van der Waals surface area contributed by atoms with Crippen molar-refractivity contribution in [1.82, 2.24) is 10.3 Å². The monoisotopic (exact) mass is 513 g/mol. The summed E-state index contributed by atoms with van der Waals surface area (Å²) < 4.78 is 25.2. The Labute approximate surface area is 208 Å². The third kappa shape index (κ3) is 6.87. The van der Waals surface area contributed by atoms with Crippen LogP contribution >= 0.6 is 19.2 Å². The maximum Gasteiger partial charge on any atom is 0.364 e. The average Bonchev–Trinajstić information content (AvgIpc) is 2.86. The lowest BCUT2D eigenvalue weighted by molar-refractivity contribution is -0.113. The highest BCUT2D eigenvalue weighted by Gasteiger charge is 2.37. The van der Waals surface area contributed by atoms with Crippen LogP contribution in [0.2, 0.25) is 5.02 Å². The molecule has 0 fully saturated rings. The van der Waals surface area contributed by atoms with Gasteiger partial charge in [-0.3, -0.25) is 14.2 Å². The number of hydrogen-bond acceptors (Lipinski definition) is 6. The van der Waals surface area contributed by atoms with Gasteiger partial charge in [-0.05, 0) is 43.7 Å². The van der Waals surface area contributed by atoms with Gasteiger partial charge >= 0.3 is 7.60 Å². The number of nitrogens with one attached hydrogen (secondary N) is 2. The van der Waals surface area contributed by atoms with Crippen LogP contribution in [-0.2, 0) is 18.4 Å². The number of nitrogens with zero attached hydrogens (tertiary/aromatic N) is 1. The van der Waals surface area contributed by atoms with Gasteiger partial charge in [0.2, 0.25) is 0 Å². The number of amides is 2. The molecule has 8 nitrogen and oxygen atoms in total. The van der Waals surface area contributed by atoms with E-state index in [1.54, 1.807) is 80.6 Å². The predicted octanol–water partition coefficient (Wildman–Crippen LogP) is 5.74. The normalized spacial score (nSPS) is 12.0. The van der Waals surface area contributed by atoms with Crippen LogP contribution in [0.5, 0.6) is 0 Å². The second-order valence-electron chi connectivity index (χ2n) is 7.06. The summed E-state index contributed by atoms with van der Waals surface area (Å²) in [6, 6.07) is 19.9. The molecule has 3 aromatic rings. The van der Waals surface area contributed by atoms with E-state index in [0.717, 1.165) is 0 Å². The number of carbonyl (C=O) groups is 2. The topological polar surface area (TPSA) is 107 Å². The number of aromatic nitrogens is 1. The highest BCUT2D eigenvalue weighted by molar-refractivity contribution is 7.65. The minimum Gasteiger partial charge on any atom is -0.317 e. The van der Waals surface area contributed by atoms with Crippen LogP contribution < -0.4 is 10.6 Å². The Hall–Kier alpha value is -3.29. The van der Waals surface area contributed by atoms with Crippen LogP contribution in [0.3, 0.4) is 0 Å². The van der Waals surface area contributed by atoms with Crippen LogP contribution in [0.4, 0.5) is 5.82 Å². The average molecular weight is 514 g/mol. The van der Waals surface area contributed by atoms with Crippen molar-refractivity contribution in [2.45, 2.75) is 13.8 Å². The molecule has 35 heavy (non-hydrogen) atoms. The fraction of sp³-hybridized carbons (Fsp3) is 0.160. The van der Waals surface area contributed by atoms with E-state index < -0.39 is 19.4 Å². The number of benzene rings is 2. The largest absolute Gasteiger partial charge is 0.364 e. The van der Waals surface area contributed by atoms with Crippen LogP contribution in [0.15, 0.2) is 84.7 Å². The first-order valence-electron chi connectivity index (χ1n) is 10.9. The highest BCUT2D eigenvalue weighted by Crippen LogP contribution is 2.61. The van der Waals surface area contributed by atoms with Crippen molar-refractivity contribution in [1.29, 1.82) is 0 Å². The highest BCUT2D eigenvalue weighted by atomic mass is 35.5. The Morgan fingerprint density at radius 3 is 1.97 bits per heavy atom. The third-order valence-corrected chi connectivity index (χ3v) is 7.08. The second-order valence-corrected chi connectivity index (χ2v) is 9.45. The fourth-order valence-corrected chi connectivity index (χ4v) is 5.19. The Kier molecular flexibility index (Phi) is 9.34. The van der Waals surface area contributed by atoms with Gasteiger partial charge in [0.15, 0.2) is 0 Å². The van der Waals surface area contributed by atoms with Crippen molar-refractivity contribution >= 4 is 42.1 Å². The van der Waals surface area contributed by atoms with Crippen molar-refractivity contribution < 1.29 is 23.2 Å². The predicted molar refractivity (Wildman–Crippen MR) is 136 cm³/mol. The molecular formula is C25H25ClN3O5P. The maximum atomic E-state index is 14.0. The summed E-state index contributed by atoms with van der Waals surface area (Å²) in [7, 11) is -4.06. The van der Waals surface area contributed by atoms with Crippen LogP contribution in [-0.4, -0.2) is 30.0 Å². The molecule has 0 saturated carbocycles. The molecular weight excluding hydrogens is 489 g/mol. The van der Waals surface area contributed by atoms with Crippen molar-refractivity contribution in [3.63, 3.8) is 0 Å². The smallest absolute Gasteiger partial charge is 0.317 e. The van der Waals surface area contributed by atoms with E-state index in [1.807, 2.05) is 0 Å². The lowest BCUT2D eigenvalue weighted by atomic mass is 10.1. The lowest BCUT2D eigenvalue weighted by Crippen LogP contribution is -2.32. The molecule has 0 aliphatic heterocycles. The molecule has 0 spiro atoms. The summed E-state index contributed by atoms with van der Waals surface area (Å²) in [5, 5.41) is 5.56. The molecule has 2 aromatic carbocycles. The van der Waals surface area contributed by atoms with E-state index in [1.165, 1.54) is 12.3 Å². The van der Waals surface area contributed by atoms with Gasteiger partial charge in [-0.1, -0.05) is 60.1 Å². The van der Waals surface area contributed by atoms with Crippen LogP contribution in [0.1, 0.15) is 29.8 Å². The summed E-state index contributed by atoms with van der Waals surface area (Å²) in [4.78, 5) is 30.7. The molecule has 2 amide bonds. The van der Waals surface area contributed by atoms with Crippen molar-refractivity contribution in [2.75, 3.05) is 18.5 Å². The first-order chi connectivity index (χ1) is 16.9. The molecule has 3 rings (SSSR count). The molecule has 0 aliphatic rings. The molecule has 1 heterocycles. The zero-order chi connectivity index (χ0) is 25.3. The number of carbonyl (C=O) groups excluding carboxylic acids is 2. The van der Waals surface area contributed by atoms with E-state index in [9.17, 15) is 14.2 Å². The molecule has 0 aliphatic carbocycles. The SMILES string of the molecule is CCOP(=O)(OCC)/C(=C(\NC(=O)c1ccccc1)C(=O)Nc1ccc(Cl)cn1)c1ccccc1. The molecule has 0 saturated heterocycles. The van der Waals surface area contributed by atoms with Crippen molar-refractivity contribution in [3.8, 4) is 0 Å². The number of hydrogen-bond donors (Lipinski definition) is 2. The zero-order valence-corrected chi connectivity index (χ0v) is 20.9. The summed E-state index contributed by atoms with van der Waals surface area (Å²) in [5.41, 5.74) is 0.407. The standard InChI is InChI=1S/C25H25ClN3O5P/c1-3-33-35(32,34-4-2)23(18-11-7-5-8-12-18)22(29-24(30)19-13-9-6-10-14-19)25(31)28-21-16-15-20(26)17-27-21/h5-17H,3-4H2,1-2H3,(H,29,30)(H,27,28,31)/b23-22-. The van der Waals surface area contributed by atoms with Crippen molar-refractivity contribution in [3.05, 3.63) is 101 Å². The lowest BCUT2D eigenvalue weighted by Gasteiger charge is -2.23. The van der Waals surface area contributed by atoms with Gasteiger partial charge in [0.05, 0.1) is 18.2 Å².